The van der Waals surface area contributed by atoms with E-state index in [4.69, 9.17) is 9.26 Å². The average Bonchev–Trinajstić information content (AvgIpc) is 3.46. The number of anilines is 2. The van der Waals surface area contributed by atoms with Crippen molar-refractivity contribution in [3.63, 3.8) is 0 Å². The molecule has 2 aromatic heterocycles. The third-order valence-corrected chi connectivity index (χ3v) is 5.48. The van der Waals surface area contributed by atoms with Gasteiger partial charge in [0.15, 0.2) is 5.82 Å². The maximum absolute atomic E-state index is 12.8. The number of amides is 2. The molecule has 0 bridgehead atoms. The van der Waals surface area contributed by atoms with Crippen LogP contribution in [0.25, 0.3) is 0 Å². The van der Waals surface area contributed by atoms with Gasteiger partial charge in [0.2, 0.25) is 5.88 Å². The molecule has 0 spiro atoms. The molecule has 160 valence electrons. The van der Waals surface area contributed by atoms with Gasteiger partial charge in [0.1, 0.15) is 17.8 Å². The maximum atomic E-state index is 12.8. The van der Waals surface area contributed by atoms with Crippen LogP contribution in [0.2, 0.25) is 0 Å². The molecule has 2 aliphatic heterocycles. The molecule has 2 N–H and O–H groups in total. The minimum Gasteiger partial charge on any atom is -0.439 e. The summed E-state index contributed by atoms with van der Waals surface area (Å²) < 4.78 is 11.4. The molecule has 31 heavy (non-hydrogen) atoms. The standard InChI is InChI=1S/C22H24N6O3/c1-22(2,3)18-9-19(27-31-18)26-21(29)28-7-6-13-8-14(4-5-17(13)28)30-20-15-10-23-11-16(15)24-12-25-20/h4-5,8-9,12,23H,6-7,10-11H2,1-3H3,(H,26,27,29). The van der Waals surface area contributed by atoms with Gasteiger partial charge in [-0.25, -0.2) is 14.8 Å². The number of nitrogens with zero attached hydrogens (tertiary/aromatic N) is 4. The zero-order valence-electron chi connectivity index (χ0n) is 17.7. The van der Waals surface area contributed by atoms with Gasteiger partial charge in [-0.2, -0.15) is 0 Å². The molecule has 3 aromatic rings. The van der Waals surface area contributed by atoms with Gasteiger partial charge >= 0.3 is 6.03 Å². The number of ether oxygens (including phenoxy) is 1. The van der Waals surface area contributed by atoms with Crippen molar-refractivity contribution in [2.45, 2.75) is 45.7 Å². The van der Waals surface area contributed by atoms with Crippen LogP contribution in [0.4, 0.5) is 16.3 Å². The van der Waals surface area contributed by atoms with Crippen LogP contribution in [-0.2, 0) is 24.9 Å². The molecule has 9 nitrogen and oxygen atoms in total. The summed E-state index contributed by atoms with van der Waals surface area (Å²) in [6, 6.07) is 7.25. The van der Waals surface area contributed by atoms with E-state index in [1.807, 2.05) is 39.0 Å². The molecule has 4 heterocycles. The van der Waals surface area contributed by atoms with Crippen molar-refractivity contribution in [3.8, 4) is 11.6 Å². The Balaban J connectivity index is 1.31. The Hall–Kier alpha value is -3.46. The summed E-state index contributed by atoms with van der Waals surface area (Å²) in [7, 11) is 0. The van der Waals surface area contributed by atoms with E-state index in [1.165, 1.54) is 6.33 Å². The number of rotatable bonds is 3. The molecule has 2 amide bonds. The molecule has 0 fully saturated rings. The lowest BCUT2D eigenvalue weighted by Crippen LogP contribution is -2.33. The first-order valence-corrected chi connectivity index (χ1v) is 10.3. The van der Waals surface area contributed by atoms with E-state index in [-0.39, 0.29) is 11.4 Å². The second kappa shape index (κ2) is 7.35. The number of nitrogens with one attached hydrogen (secondary N) is 2. The number of hydrogen-bond acceptors (Lipinski definition) is 7. The van der Waals surface area contributed by atoms with E-state index >= 15 is 0 Å². The van der Waals surface area contributed by atoms with E-state index in [2.05, 4.69) is 25.8 Å². The lowest BCUT2D eigenvalue weighted by molar-refractivity contribution is 0.257. The minimum absolute atomic E-state index is 0.174. The zero-order chi connectivity index (χ0) is 21.6. The highest BCUT2D eigenvalue weighted by Crippen LogP contribution is 2.34. The highest BCUT2D eigenvalue weighted by atomic mass is 16.5. The number of carbonyl (C=O) groups is 1. The van der Waals surface area contributed by atoms with Crippen LogP contribution in [0, 0.1) is 0 Å². The van der Waals surface area contributed by atoms with Crippen LogP contribution in [0.3, 0.4) is 0 Å². The topological polar surface area (TPSA) is 105 Å². The fourth-order valence-electron chi connectivity index (χ4n) is 3.78. The Morgan fingerprint density at radius 2 is 2.10 bits per heavy atom. The number of carbonyl (C=O) groups excluding carboxylic acids is 1. The number of aromatic nitrogens is 3. The van der Waals surface area contributed by atoms with E-state index in [9.17, 15) is 4.79 Å². The van der Waals surface area contributed by atoms with E-state index in [1.54, 1.807) is 11.0 Å². The molecule has 9 heteroatoms. The van der Waals surface area contributed by atoms with Crippen molar-refractivity contribution in [2.24, 2.45) is 0 Å². The predicted octanol–water partition coefficient (Wildman–Crippen LogP) is 3.75. The van der Waals surface area contributed by atoms with Gasteiger partial charge in [0.05, 0.1) is 11.3 Å². The van der Waals surface area contributed by atoms with Crippen LogP contribution in [0.1, 0.15) is 43.4 Å². The van der Waals surface area contributed by atoms with Crippen LogP contribution in [0.5, 0.6) is 11.6 Å². The zero-order valence-corrected chi connectivity index (χ0v) is 17.7. The van der Waals surface area contributed by atoms with Gasteiger partial charge in [-0.05, 0) is 30.2 Å². The molecule has 0 aliphatic carbocycles. The quantitative estimate of drug-likeness (QED) is 0.665. The van der Waals surface area contributed by atoms with Gasteiger partial charge in [0, 0.05) is 36.8 Å². The Kier molecular flexibility index (Phi) is 4.62. The number of benzene rings is 1. The third kappa shape index (κ3) is 3.72. The van der Waals surface area contributed by atoms with E-state index < -0.39 is 0 Å². The van der Waals surface area contributed by atoms with Crippen molar-refractivity contribution in [1.82, 2.24) is 20.4 Å². The van der Waals surface area contributed by atoms with Gasteiger partial charge in [-0.1, -0.05) is 25.9 Å². The molecule has 5 rings (SSSR count). The summed E-state index contributed by atoms with van der Waals surface area (Å²) in [4.78, 5) is 23.1. The SMILES string of the molecule is CC(C)(C)c1cc(NC(=O)N2CCc3cc(Oc4ncnc5c4CNC5)ccc32)no1. The number of hydrogen-bond donors (Lipinski definition) is 2. The molecule has 0 saturated carbocycles. The highest BCUT2D eigenvalue weighted by molar-refractivity contribution is 6.02. The summed E-state index contributed by atoms with van der Waals surface area (Å²) in [6.45, 7) is 8.10. The van der Waals surface area contributed by atoms with Crippen molar-refractivity contribution >= 4 is 17.5 Å². The first kappa shape index (κ1) is 19.5. The van der Waals surface area contributed by atoms with Crippen molar-refractivity contribution < 1.29 is 14.1 Å². The molecule has 0 saturated heterocycles. The molecule has 1 aromatic carbocycles. The fourth-order valence-corrected chi connectivity index (χ4v) is 3.78. The normalized spacial score (nSPS) is 15.0. The van der Waals surface area contributed by atoms with Gasteiger partial charge in [-0.15, -0.1) is 0 Å². The molecule has 0 atom stereocenters. The van der Waals surface area contributed by atoms with Crippen LogP contribution in [-0.4, -0.2) is 27.7 Å². The summed E-state index contributed by atoms with van der Waals surface area (Å²) in [6.07, 6.45) is 2.27. The monoisotopic (exact) mass is 420 g/mol. The smallest absolute Gasteiger partial charge is 0.327 e. The van der Waals surface area contributed by atoms with Crippen LogP contribution < -0.4 is 20.3 Å². The Labute approximate surface area is 179 Å². The molecular formula is C22H24N6O3. The van der Waals surface area contributed by atoms with Crippen LogP contribution >= 0.6 is 0 Å². The van der Waals surface area contributed by atoms with Crippen molar-refractivity contribution in [1.29, 1.82) is 0 Å². The Morgan fingerprint density at radius 3 is 2.90 bits per heavy atom. The Bertz CT molecular complexity index is 1150. The second-order valence-corrected chi connectivity index (χ2v) is 8.76. The lowest BCUT2D eigenvalue weighted by atomic mass is 9.93. The predicted molar refractivity (Wildman–Crippen MR) is 114 cm³/mol. The van der Waals surface area contributed by atoms with Gasteiger partial charge < -0.3 is 14.6 Å². The summed E-state index contributed by atoms with van der Waals surface area (Å²) >= 11 is 0. The molecule has 0 unspecified atom stereocenters. The Morgan fingerprint density at radius 1 is 1.23 bits per heavy atom. The fraction of sp³-hybridized carbons (Fsp3) is 0.364. The largest absolute Gasteiger partial charge is 0.439 e. The first-order valence-electron chi connectivity index (χ1n) is 10.3. The molecule has 2 aliphatic rings. The van der Waals surface area contributed by atoms with Gasteiger partial charge in [0.25, 0.3) is 0 Å². The van der Waals surface area contributed by atoms with Gasteiger partial charge in [-0.3, -0.25) is 10.2 Å². The third-order valence-electron chi connectivity index (χ3n) is 5.48. The van der Waals surface area contributed by atoms with Crippen molar-refractivity contribution in [3.05, 3.63) is 53.2 Å². The second-order valence-electron chi connectivity index (χ2n) is 8.76. The summed E-state index contributed by atoms with van der Waals surface area (Å²) in [5, 5.41) is 10.1. The summed E-state index contributed by atoms with van der Waals surface area (Å²) in [5.41, 5.74) is 3.70. The van der Waals surface area contributed by atoms with E-state index in [0.717, 1.165) is 41.2 Å². The average molecular weight is 420 g/mol. The maximum Gasteiger partial charge on any atom is 0.327 e. The molecular weight excluding hydrogens is 396 g/mol. The lowest BCUT2D eigenvalue weighted by Gasteiger charge is -2.17. The van der Waals surface area contributed by atoms with Crippen LogP contribution in [0.15, 0.2) is 35.1 Å². The minimum atomic E-state index is -0.235. The molecule has 0 radical (unpaired) electrons. The first-order chi connectivity index (χ1) is 14.9. The highest BCUT2D eigenvalue weighted by Gasteiger charge is 2.27. The number of urea groups is 1. The van der Waals surface area contributed by atoms with E-state index in [0.29, 0.717) is 30.5 Å². The van der Waals surface area contributed by atoms with Crippen molar-refractivity contribution in [2.75, 3.05) is 16.8 Å². The number of fused-ring (bicyclic) bond motifs is 2. The summed E-state index contributed by atoms with van der Waals surface area (Å²) in [5.74, 6) is 2.40.